The normalized spacial score (nSPS) is 17.1. The van der Waals surface area contributed by atoms with Gasteiger partial charge in [-0.3, -0.25) is 14.5 Å². The Morgan fingerprint density at radius 3 is 2.62 bits per heavy atom. The third-order valence-electron chi connectivity index (χ3n) is 6.88. The third-order valence-corrected chi connectivity index (χ3v) is 6.88. The maximum atomic E-state index is 13.7. The van der Waals surface area contributed by atoms with Crippen molar-refractivity contribution in [2.45, 2.75) is 31.6 Å². The Morgan fingerprint density at radius 1 is 1.12 bits per heavy atom. The molecule has 0 fully saturated rings. The second-order valence-electron chi connectivity index (χ2n) is 9.31. The Bertz CT molecular complexity index is 1600. The number of halogens is 3. The first kappa shape index (κ1) is 26.6. The fourth-order valence-corrected chi connectivity index (χ4v) is 4.99. The van der Waals surface area contributed by atoms with Crippen LogP contribution in [-0.4, -0.2) is 39.9 Å². The zero-order chi connectivity index (χ0) is 28.6. The highest BCUT2D eigenvalue weighted by molar-refractivity contribution is 6.09. The minimum absolute atomic E-state index is 0.0175. The summed E-state index contributed by atoms with van der Waals surface area (Å²) in [4.78, 5) is 42.6. The van der Waals surface area contributed by atoms with Gasteiger partial charge in [-0.05, 0) is 53.9 Å². The van der Waals surface area contributed by atoms with Crippen LogP contribution in [0.2, 0.25) is 0 Å². The van der Waals surface area contributed by atoms with Crippen molar-refractivity contribution in [1.82, 2.24) is 20.4 Å². The van der Waals surface area contributed by atoms with Crippen LogP contribution in [0.3, 0.4) is 0 Å². The molecule has 0 bridgehead atoms. The summed E-state index contributed by atoms with van der Waals surface area (Å²) in [6, 6.07) is 10.8. The molecule has 3 aromatic rings. The Hall–Kier alpha value is -5.05. The molecule has 2 heterocycles. The van der Waals surface area contributed by atoms with E-state index >= 15 is 0 Å². The Balaban J connectivity index is 1.59. The highest BCUT2D eigenvalue weighted by atomic mass is 19.4. The van der Waals surface area contributed by atoms with Crippen LogP contribution in [0, 0.1) is 11.3 Å². The number of likely N-dealkylation sites (N-methyl/N-ethyl adjacent to an activating group) is 1. The number of hydrogen-bond acceptors (Lipinski definition) is 6. The van der Waals surface area contributed by atoms with Crippen LogP contribution in [0.4, 0.5) is 23.7 Å². The van der Waals surface area contributed by atoms with Crippen molar-refractivity contribution >= 4 is 23.4 Å². The number of amides is 3. The van der Waals surface area contributed by atoms with E-state index in [0.29, 0.717) is 11.1 Å². The second-order valence-corrected chi connectivity index (χ2v) is 9.31. The summed E-state index contributed by atoms with van der Waals surface area (Å²) in [6.45, 7) is 0.111. The molecule has 202 valence electrons. The largest absolute Gasteiger partial charge is 0.416 e. The summed E-state index contributed by atoms with van der Waals surface area (Å²) >= 11 is 0. The monoisotopic (exact) mass is 546 g/mol. The van der Waals surface area contributed by atoms with E-state index in [-0.39, 0.29) is 53.3 Å². The van der Waals surface area contributed by atoms with Crippen molar-refractivity contribution in [2.75, 3.05) is 11.9 Å². The molecule has 5 rings (SSSR count). The van der Waals surface area contributed by atoms with Gasteiger partial charge >= 0.3 is 12.2 Å². The van der Waals surface area contributed by atoms with E-state index in [4.69, 9.17) is 0 Å². The summed E-state index contributed by atoms with van der Waals surface area (Å²) in [5.74, 6) is -0.826. The van der Waals surface area contributed by atoms with Gasteiger partial charge in [-0.15, -0.1) is 0 Å². The number of allylic oxidation sites excluding steroid dienone is 1. The van der Waals surface area contributed by atoms with Crippen LogP contribution in [-0.2, 0) is 17.5 Å². The Kier molecular flexibility index (Phi) is 6.81. The number of nitrogens with zero attached hydrogens (tertiary/aromatic N) is 5. The number of ketones is 1. The fourth-order valence-electron chi connectivity index (χ4n) is 4.99. The highest BCUT2D eigenvalue weighted by Gasteiger charge is 2.45. The van der Waals surface area contributed by atoms with Gasteiger partial charge in [0.1, 0.15) is 0 Å². The lowest BCUT2D eigenvalue weighted by molar-refractivity contribution is -0.137. The molecule has 0 spiro atoms. The van der Waals surface area contributed by atoms with Crippen LogP contribution in [0.15, 0.2) is 72.2 Å². The molecule has 1 aromatic heterocycles. The van der Waals surface area contributed by atoms with Crippen molar-refractivity contribution in [1.29, 1.82) is 5.26 Å². The molecule has 12 heteroatoms. The average molecular weight is 547 g/mol. The number of benzene rings is 2. The molecular formula is C28H21F3N6O3. The first-order valence-corrected chi connectivity index (χ1v) is 12.2. The summed E-state index contributed by atoms with van der Waals surface area (Å²) in [7, 11) is 1.42. The van der Waals surface area contributed by atoms with Crippen molar-refractivity contribution in [3.8, 4) is 6.07 Å². The number of rotatable bonds is 5. The van der Waals surface area contributed by atoms with E-state index < -0.39 is 29.7 Å². The van der Waals surface area contributed by atoms with Gasteiger partial charge < -0.3 is 10.2 Å². The highest BCUT2D eigenvalue weighted by Crippen LogP contribution is 2.45. The molecule has 9 nitrogen and oxygen atoms in total. The maximum Gasteiger partial charge on any atom is 0.416 e. The smallest absolute Gasteiger partial charge is 0.348 e. The number of anilines is 1. The van der Waals surface area contributed by atoms with Gasteiger partial charge in [0.15, 0.2) is 5.78 Å². The lowest BCUT2D eigenvalue weighted by Gasteiger charge is -2.41. The molecule has 40 heavy (non-hydrogen) atoms. The molecule has 0 radical (unpaired) electrons. The van der Waals surface area contributed by atoms with E-state index in [2.05, 4.69) is 15.5 Å². The average Bonchev–Trinajstić information content (AvgIpc) is 3.32. The van der Waals surface area contributed by atoms with Gasteiger partial charge in [-0.25, -0.2) is 4.79 Å². The second kappa shape index (κ2) is 10.3. The molecule has 1 aliphatic heterocycles. The number of alkyl halides is 3. The van der Waals surface area contributed by atoms with Crippen LogP contribution < -0.4 is 10.2 Å². The number of nitriles is 1. The minimum atomic E-state index is -4.62. The molecule has 1 aliphatic carbocycles. The number of hydrogen-bond donors (Lipinski definition) is 1. The van der Waals surface area contributed by atoms with Gasteiger partial charge in [-0.1, -0.05) is 12.1 Å². The molecule has 0 saturated carbocycles. The molecular weight excluding hydrogens is 525 g/mol. The standard InChI is InChI=1S/C28H21F3N6O3/c1-36-25(20-6-5-16(13-32)11-21(20)26(39)33-14-17-9-10-34-35-15-17)24-22(7-8-23(24)38)37(27(36)40)19-4-2-3-18(12-19)28(29,30)31/h2-6,9-12,15,25H,7-8,14H2,1H3,(H,33,39). The Labute approximate surface area is 226 Å². The number of Topliss-reactive ketones (excluding diaryl/α,β-unsaturated/α-hetero) is 1. The summed E-state index contributed by atoms with van der Waals surface area (Å²) in [5, 5.41) is 19.7. The zero-order valence-electron chi connectivity index (χ0n) is 21.1. The number of carbonyl (C=O) groups excluding carboxylic acids is 3. The van der Waals surface area contributed by atoms with E-state index in [9.17, 15) is 32.8 Å². The van der Waals surface area contributed by atoms with Crippen molar-refractivity contribution in [3.05, 3.63) is 100 Å². The molecule has 1 atom stereocenters. The van der Waals surface area contributed by atoms with Crippen LogP contribution >= 0.6 is 0 Å². The topological polar surface area (TPSA) is 119 Å². The van der Waals surface area contributed by atoms with E-state index in [1.807, 2.05) is 6.07 Å². The molecule has 1 N–H and O–H groups in total. The zero-order valence-corrected chi connectivity index (χ0v) is 21.1. The number of aromatic nitrogens is 2. The minimum Gasteiger partial charge on any atom is -0.348 e. The SMILES string of the molecule is CN1C(=O)N(c2cccc(C(F)(F)F)c2)C2=C(C(=O)CC2)C1c1ccc(C#N)cc1C(=O)NCc1ccnnc1. The van der Waals surface area contributed by atoms with Crippen LogP contribution in [0.25, 0.3) is 0 Å². The number of nitrogens with one attached hydrogen (secondary N) is 1. The number of carbonyl (C=O) groups is 3. The first-order chi connectivity index (χ1) is 19.1. The predicted octanol–water partition coefficient (Wildman–Crippen LogP) is 4.53. The van der Waals surface area contributed by atoms with Crippen LogP contribution in [0.1, 0.15) is 51.5 Å². The molecule has 3 amide bonds. The molecule has 1 unspecified atom stereocenters. The van der Waals surface area contributed by atoms with Gasteiger partial charge in [0.2, 0.25) is 0 Å². The fraction of sp³-hybridized carbons (Fsp3) is 0.214. The van der Waals surface area contributed by atoms with Crippen molar-refractivity contribution in [2.24, 2.45) is 0 Å². The van der Waals surface area contributed by atoms with Gasteiger partial charge in [-0.2, -0.15) is 28.6 Å². The third kappa shape index (κ3) is 4.77. The molecule has 2 aromatic carbocycles. The van der Waals surface area contributed by atoms with E-state index in [1.54, 1.807) is 6.07 Å². The molecule has 2 aliphatic rings. The van der Waals surface area contributed by atoms with E-state index in [1.165, 1.54) is 54.7 Å². The van der Waals surface area contributed by atoms with Crippen molar-refractivity contribution < 1.29 is 27.6 Å². The van der Waals surface area contributed by atoms with Gasteiger partial charge in [0.25, 0.3) is 5.91 Å². The van der Waals surface area contributed by atoms with Crippen LogP contribution in [0.5, 0.6) is 0 Å². The Morgan fingerprint density at radius 2 is 1.93 bits per heavy atom. The summed E-state index contributed by atoms with van der Waals surface area (Å²) < 4.78 is 40.3. The summed E-state index contributed by atoms with van der Waals surface area (Å²) in [5.41, 5.74) is 0.838. The van der Waals surface area contributed by atoms with Crippen molar-refractivity contribution in [3.63, 3.8) is 0 Å². The quantitative estimate of drug-likeness (QED) is 0.502. The number of urea groups is 1. The first-order valence-electron chi connectivity index (χ1n) is 12.2. The predicted molar refractivity (Wildman–Crippen MR) is 135 cm³/mol. The van der Waals surface area contributed by atoms with Gasteiger partial charge in [0, 0.05) is 43.0 Å². The lowest BCUT2D eigenvalue weighted by Crippen LogP contribution is -2.48. The lowest BCUT2D eigenvalue weighted by atomic mass is 9.89. The summed E-state index contributed by atoms with van der Waals surface area (Å²) in [6.07, 6.45) is -1.46. The molecule has 0 saturated heterocycles. The van der Waals surface area contributed by atoms with Gasteiger partial charge in [0.05, 0.1) is 35.1 Å². The maximum absolute atomic E-state index is 13.7. The van der Waals surface area contributed by atoms with E-state index in [0.717, 1.165) is 17.0 Å².